The molecule has 1 aliphatic rings. The maximum atomic E-state index is 5.94. The first kappa shape index (κ1) is 18.4. The molecule has 1 aromatic carbocycles. The molecule has 0 atom stereocenters. The van der Waals surface area contributed by atoms with Gasteiger partial charge in [0.2, 0.25) is 11.8 Å². The van der Waals surface area contributed by atoms with Crippen molar-refractivity contribution >= 4 is 11.5 Å². The zero-order valence-corrected chi connectivity index (χ0v) is 15.8. The van der Waals surface area contributed by atoms with Crippen LogP contribution < -0.4 is 10.6 Å². The highest BCUT2D eigenvalue weighted by atomic mass is 16.5. The van der Waals surface area contributed by atoms with Gasteiger partial charge in [-0.2, -0.15) is 0 Å². The normalized spacial score (nSPS) is 15.1. The zero-order chi connectivity index (χ0) is 19.2. The SMILES string of the molecule is Nc1ccccc1CCOCc1nnc(C2CCN(c3ccccn3)CC2)o1. The number of anilines is 2. The molecular formula is C21H25N5O2. The average molecular weight is 379 g/mol. The highest BCUT2D eigenvalue weighted by Gasteiger charge is 2.25. The summed E-state index contributed by atoms with van der Waals surface area (Å²) in [5.41, 5.74) is 7.83. The lowest BCUT2D eigenvalue weighted by molar-refractivity contribution is 0.104. The Bertz CT molecular complexity index is 875. The minimum absolute atomic E-state index is 0.297. The Morgan fingerprint density at radius 1 is 1.07 bits per heavy atom. The Hall–Kier alpha value is -2.93. The predicted octanol–water partition coefficient (Wildman–Crippen LogP) is 3.19. The number of aromatic nitrogens is 3. The third-order valence-electron chi connectivity index (χ3n) is 5.10. The van der Waals surface area contributed by atoms with Gasteiger partial charge in [0.1, 0.15) is 12.4 Å². The lowest BCUT2D eigenvalue weighted by atomic mass is 9.97. The minimum Gasteiger partial charge on any atom is -0.422 e. The highest BCUT2D eigenvalue weighted by Crippen LogP contribution is 2.29. The van der Waals surface area contributed by atoms with E-state index in [-0.39, 0.29) is 0 Å². The molecule has 0 radical (unpaired) electrons. The second kappa shape index (κ2) is 8.84. The average Bonchev–Trinajstić information content (AvgIpc) is 3.22. The zero-order valence-electron chi connectivity index (χ0n) is 15.8. The molecule has 2 aromatic heterocycles. The summed E-state index contributed by atoms with van der Waals surface area (Å²) < 4.78 is 11.5. The van der Waals surface area contributed by atoms with E-state index < -0.39 is 0 Å². The fourth-order valence-electron chi connectivity index (χ4n) is 3.49. The summed E-state index contributed by atoms with van der Waals surface area (Å²) in [6.45, 7) is 2.77. The van der Waals surface area contributed by atoms with E-state index in [0.29, 0.717) is 30.9 Å². The molecule has 0 bridgehead atoms. The third kappa shape index (κ3) is 4.48. The molecule has 146 valence electrons. The number of hydrogen-bond acceptors (Lipinski definition) is 7. The summed E-state index contributed by atoms with van der Waals surface area (Å²) in [5, 5.41) is 8.38. The lowest BCUT2D eigenvalue weighted by Gasteiger charge is -2.31. The largest absolute Gasteiger partial charge is 0.422 e. The second-order valence-electron chi connectivity index (χ2n) is 6.98. The van der Waals surface area contributed by atoms with Crippen LogP contribution in [0, 0.1) is 0 Å². The van der Waals surface area contributed by atoms with Gasteiger partial charge in [-0.05, 0) is 43.0 Å². The maximum absolute atomic E-state index is 5.94. The lowest BCUT2D eigenvalue weighted by Crippen LogP contribution is -2.33. The van der Waals surface area contributed by atoms with Gasteiger partial charge >= 0.3 is 0 Å². The van der Waals surface area contributed by atoms with Gasteiger partial charge < -0.3 is 19.8 Å². The Balaban J connectivity index is 1.23. The number of rotatable bonds is 7. The number of nitrogen functional groups attached to an aromatic ring is 1. The maximum Gasteiger partial charge on any atom is 0.242 e. The molecule has 2 N–H and O–H groups in total. The molecular weight excluding hydrogens is 354 g/mol. The first-order chi connectivity index (χ1) is 13.8. The topological polar surface area (TPSA) is 90.3 Å². The van der Waals surface area contributed by atoms with Gasteiger partial charge in [-0.15, -0.1) is 10.2 Å². The number of nitrogens with zero attached hydrogens (tertiary/aromatic N) is 4. The summed E-state index contributed by atoms with van der Waals surface area (Å²) >= 11 is 0. The highest BCUT2D eigenvalue weighted by molar-refractivity contribution is 5.46. The Morgan fingerprint density at radius 3 is 2.68 bits per heavy atom. The number of piperidine rings is 1. The number of para-hydroxylation sites is 1. The summed E-state index contributed by atoms with van der Waals surface area (Å²) in [7, 11) is 0. The quantitative estimate of drug-likeness (QED) is 0.498. The molecule has 0 spiro atoms. The van der Waals surface area contributed by atoms with Crippen molar-refractivity contribution in [2.45, 2.75) is 31.8 Å². The fraction of sp³-hybridized carbons (Fsp3) is 0.381. The molecule has 28 heavy (non-hydrogen) atoms. The molecule has 3 heterocycles. The van der Waals surface area contributed by atoms with Gasteiger partial charge in [0.15, 0.2) is 0 Å². The van der Waals surface area contributed by atoms with E-state index in [2.05, 4.69) is 20.1 Å². The molecule has 7 heteroatoms. The van der Waals surface area contributed by atoms with Crippen molar-refractivity contribution in [2.75, 3.05) is 30.3 Å². The number of nitrogens with two attached hydrogens (primary N) is 1. The number of hydrogen-bond donors (Lipinski definition) is 1. The van der Waals surface area contributed by atoms with E-state index in [1.54, 1.807) is 0 Å². The van der Waals surface area contributed by atoms with E-state index >= 15 is 0 Å². The van der Waals surface area contributed by atoms with Crippen molar-refractivity contribution in [2.24, 2.45) is 0 Å². The van der Waals surface area contributed by atoms with Crippen LogP contribution in [0.2, 0.25) is 0 Å². The molecule has 0 unspecified atom stereocenters. The van der Waals surface area contributed by atoms with E-state index in [1.807, 2.05) is 48.7 Å². The fourth-order valence-corrected chi connectivity index (χ4v) is 3.49. The number of ether oxygens (including phenoxy) is 1. The van der Waals surface area contributed by atoms with Crippen LogP contribution in [0.1, 0.15) is 36.1 Å². The van der Waals surface area contributed by atoms with Gasteiger partial charge in [-0.3, -0.25) is 0 Å². The molecule has 0 amide bonds. The van der Waals surface area contributed by atoms with Crippen LogP contribution in [0.15, 0.2) is 53.1 Å². The summed E-state index contributed by atoms with van der Waals surface area (Å²) in [4.78, 5) is 6.72. The van der Waals surface area contributed by atoms with Gasteiger partial charge in [0.25, 0.3) is 0 Å². The first-order valence-corrected chi connectivity index (χ1v) is 9.69. The van der Waals surface area contributed by atoms with E-state index in [4.69, 9.17) is 14.9 Å². The summed E-state index contributed by atoms with van der Waals surface area (Å²) in [6.07, 6.45) is 4.55. The molecule has 4 rings (SSSR count). The second-order valence-corrected chi connectivity index (χ2v) is 6.98. The van der Waals surface area contributed by atoms with Crippen LogP contribution >= 0.6 is 0 Å². The Labute approximate surface area is 164 Å². The third-order valence-corrected chi connectivity index (χ3v) is 5.10. The first-order valence-electron chi connectivity index (χ1n) is 9.69. The monoisotopic (exact) mass is 379 g/mol. The predicted molar refractivity (Wildman–Crippen MR) is 107 cm³/mol. The smallest absolute Gasteiger partial charge is 0.242 e. The van der Waals surface area contributed by atoms with Crippen LogP contribution in [-0.4, -0.2) is 34.9 Å². The van der Waals surface area contributed by atoms with Gasteiger partial charge in [-0.25, -0.2) is 4.98 Å². The number of benzene rings is 1. The van der Waals surface area contributed by atoms with E-state index in [9.17, 15) is 0 Å². The van der Waals surface area contributed by atoms with Crippen LogP contribution in [0.3, 0.4) is 0 Å². The van der Waals surface area contributed by atoms with Crippen molar-refractivity contribution in [1.82, 2.24) is 15.2 Å². The number of pyridine rings is 1. The van der Waals surface area contributed by atoms with Crippen molar-refractivity contribution in [3.63, 3.8) is 0 Å². The molecule has 0 saturated carbocycles. The molecule has 7 nitrogen and oxygen atoms in total. The van der Waals surface area contributed by atoms with Crippen LogP contribution in [0.5, 0.6) is 0 Å². The van der Waals surface area contributed by atoms with Gasteiger partial charge in [0, 0.05) is 30.9 Å². The van der Waals surface area contributed by atoms with E-state index in [0.717, 1.165) is 49.4 Å². The van der Waals surface area contributed by atoms with Crippen LogP contribution in [0.4, 0.5) is 11.5 Å². The van der Waals surface area contributed by atoms with Crippen molar-refractivity contribution in [3.8, 4) is 0 Å². The molecule has 0 aliphatic carbocycles. The molecule has 1 saturated heterocycles. The minimum atomic E-state index is 0.297. The molecule has 1 fully saturated rings. The summed E-state index contributed by atoms with van der Waals surface area (Å²) in [6, 6.07) is 13.8. The van der Waals surface area contributed by atoms with Crippen molar-refractivity contribution < 1.29 is 9.15 Å². The van der Waals surface area contributed by atoms with Crippen LogP contribution in [0.25, 0.3) is 0 Å². The van der Waals surface area contributed by atoms with Gasteiger partial charge in [0.05, 0.1) is 6.61 Å². The molecule has 1 aliphatic heterocycles. The van der Waals surface area contributed by atoms with Crippen LogP contribution in [-0.2, 0) is 17.8 Å². The van der Waals surface area contributed by atoms with Crippen molar-refractivity contribution in [1.29, 1.82) is 0 Å². The Morgan fingerprint density at radius 2 is 1.89 bits per heavy atom. The molecule has 3 aromatic rings. The van der Waals surface area contributed by atoms with E-state index in [1.165, 1.54) is 0 Å². The van der Waals surface area contributed by atoms with Crippen molar-refractivity contribution in [3.05, 3.63) is 66.0 Å². The Kier molecular flexibility index (Phi) is 5.82. The standard InChI is InChI=1S/C21H25N5O2/c22-18-6-2-1-5-16(18)10-14-27-15-20-24-25-21(28-20)17-8-12-26(13-9-17)19-7-3-4-11-23-19/h1-7,11,17H,8-10,12-15,22H2. The van der Waals surface area contributed by atoms with Gasteiger partial charge in [-0.1, -0.05) is 24.3 Å². The summed E-state index contributed by atoms with van der Waals surface area (Å²) in [5.74, 6) is 2.57.